The number of rotatable bonds is 20. The zero-order chi connectivity index (χ0) is 40.4. The second kappa shape index (κ2) is 27.4. The Bertz CT molecular complexity index is 1420. The fraction of sp³-hybridized carbons (Fsp3) is 0.513. The van der Waals surface area contributed by atoms with E-state index in [0.717, 1.165) is 23.2 Å². The predicted octanol–water partition coefficient (Wildman–Crippen LogP) is 5.03. The lowest BCUT2D eigenvalue weighted by Crippen LogP contribution is -2.40. The number of ether oxygens (including phenoxy) is 3. The summed E-state index contributed by atoms with van der Waals surface area (Å²) in [6, 6.07) is 15.5. The number of aryl methyl sites for hydroxylation is 1. The number of benzene rings is 2. The number of aldehydes is 1. The first-order chi connectivity index (χ1) is 25.0. The topological polar surface area (TPSA) is 169 Å². The SMILES string of the molecule is COC(CC(C)C)C(=O)O.COc1ccc(C)cc1Cl.[B]NCC(=O)OC(Cc1ccccc1)C(C)CC/C=C/C(=O)NCC(=O)NCC(C)(C)C=O. The van der Waals surface area contributed by atoms with Crippen LogP contribution in [-0.4, -0.2) is 89.2 Å². The average molecular weight is 758 g/mol. The van der Waals surface area contributed by atoms with Gasteiger partial charge in [-0.05, 0) is 67.4 Å². The number of aliphatic carboxylic acids is 1. The zero-order valence-electron chi connectivity index (χ0n) is 32.3. The molecular formula is C39H57BClN3O9. The van der Waals surface area contributed by atoms with Crippen molar-refractivity contribution in [1.82, 2.24) is 15.9 Å². The van der Waals surface area contributed by atoms with Gasteiger partial charge in [0.15, 0.2) is 14.1 Å². The number of carbonyl (C=O) groups is 5. The van der Waals surface area contributed by atoms with Crippen LogP contribution in [0.1, 0.15) is 65.0 Å². The highest BCUT2D eigenvalue weighted by molar-refractivity contribution is 6.32. The van der Waals surface area contributed by atoms with Crippen molar-refractivity contribution in [2.45, 2.75) is 79.4 Å². The van der Waals surface area contributed by atoms with Gasteiger partial charge in [-0.15, -0.1) is 0 Å². The van der Waals surface area contributed by atoms with E-state index >= 15 is 0 Å². The quantitative estimate of drug-likeness (QED) is 0.0622. The van der Waals surface area contributed by atoms with Gasteiger partial charge in [-0.25, -0.2) is 4.79 Å². The molecule has 0 spiro atoms. The van der Waals surface area contributed by atoms with Crippen molar-refractivity contribution in [2.24, 2.45) is 17.3 Å². The molecular weight excluding hydrogens is 701 g/mol. The van der Waals surface area contributed by atoms with Gasteiger partial charge in [0.05, 0.1) is 25.2 Å². The highest BCUT2D eigenvalue weighted by Gasteiger charge is 2.22. The van der Waals surface area contributed by atoms with Crippen LogP contribution >= 0.6 is 11.6 Å². The summed E-state index contributed by atoms with van der Waals surface area (Å²) in [5.41, 5.74) is 1.56. The molecule has 0 aliphatic heterocycles. The molecule has 2 aromatic carbocycles. The van der Waals surface area contributed by atoms with Gasteiger partial charge in [0.25, 0.3) is 0 Å². The van der Waals surface area contributed by atoms with Crippen molar-refractivity contribution in [3.05, 3.63) is 76.8 Å². The standard InChI is InChI=1S/C24H34BN3O5.C8H9ClO.C7H14O3/c1-18(20(33-23(32)15-28-25)13-19-10-5-4-6-11-19)9-7-8-12-21(30)26-14-22(31)27-16-24(2,3)17-29;1-6-3-4-8(10-2)7(9)5-6;1-5(2)4-6(10-3)7(8)9/h4-6,8,10-12,17-18,20,28H,7,9,13-16H2,1-3H3,(H,26,30)(H,27,31);3-5H,1-2H3;5-6H,4H2,1-3H3,(H,8,9)/b12-8+;;. The number of carbonyl (C=O) groups excluding carboxylic acids is 4. The highest BCUT2D eigenvalue weighted by Crippen LogP contribution is 2.24. The maximum atomic E-state index is 11.9. The summed E-state index contributed by atoms with van der Waals surface area (Å²) in [5, 5.41) is 16.6. The molecule has 0 aliphatic rings. The third-order valence-corrected chi connectivity index (χ3v) is 7.83. The van der Waals surface area contributed by atoms with E-state index in [4.69, 9.17) is 38.9 Å². The van der Waals surface area contributed by atoms with Crippen LogP contribution in [0.5, 0.6) is 5.75 Å². The smallest absolute Gasteiger partial charge is 0.332 e. The Morgan fingerprint density at radius 1 is 1.00 bits per heavy atom. The van der Waals surface area contributed by atoms with Gasteiger partial charge in [-0.1, -0.05) is 88.7 Å². The largest absolute Gasteiger partial charge is 0.495 e. The van der Waals surface area contributed by atoms with Crippen molar-refractivity contribution in [1.29, 1.82) is 0 Å². The average Bonchev–Trinajstić information content (AvgIpc) is 3.11. The van der Waals surface area contributed by atoms with E-state index in [9.17, 15) is 24.0 Å². The first kappa shape index (κ1) is 48.8. The number of allylic oxidation sites excluding steroid dienone is 1. The molecule has 0 saturated carbocycles. The minimum atomic E-state index is -0.879. The minimum Gasteiger partial charge on any atom is -0.495 e. The van der Waals surface area contributed by atoms with Gasteiger partial charge >= 0.3 is 11.9 Å². The second-order valence-corrected chi connectivity index (χ2v) is 13.9. The summed E-state index contributed by atoms with van der Waals surface area (Å²) < 4.78 is 15.3. The molecule has 53 heavy (non-hydrogen) atoms. The van der Waals surface area contributed by atoms with Crippen LogP contribution in [0.4, 0.5) is 0 Å². The van der Waals surface area contributed by atoms with Crippen LogP contribution in [0.25, 0.3) is 0 Å². The molecule has 0 fully saturated rings. The fourth-order valence-corrected chi connectivity index (χ4v) is 4.70. The Morgan fingerprint density at radius 2 is 1.66 bits per heavy atom. The molecule has 0 aliphatic carbocycles. The van der Waals surface area contributed by atoms with Crippen LogP contribution in [0, 0.1) is 24.2 Å². The number of esters is 1. The molecule has 0 saturated heterocycles. The molecule has 14 heteroatoms. The van der Waals surface area contributed by atoms with E-state index < -0.39 is 23.5 Å². The summed E-state index contributed by atoms with van der Waals surface area (Å²) in [6.45, 7) is 11.3. The van der Waals surface area contributed by atoms with E-state index in [2.05, 4.69) is 15.9 Å². The number of halogens is 1. The van der Waals surface area contributed by atoms with E-state index in [-0.39, 0.29) is 43.5 Å². The van der Waals surface area contributed by atoms with E-state index in [1.165, 1.54) is 13.2 Å². The monoisotopic (exact) mass is 757 g/mol. The molecule has 4 N–H and O–H groups in total. The molecule has 0 aromatic heterocycles. The van der Waals surface area contributed by atoms with Crippen LogP contribution < -0.4 is 20.6 Å². The molecule has 3 unspecified atom stereocenters. The van der Waals surface area contributed by atoms with Crippen molar-refractivity contribution in [3.8, 4) is 5.75 Å². The van der Waals surface area contributed by atoms with Crippen molar-refractivity contribution >= 4 is 49.6 Å². The first-order valence-electron chi connectivity index (χ1n) is 17.4. The molecule has 2 radical (unpaired) electrons. The zero-order valence-corrected chi connectivity index (χ0v) is 33.0. The van der Waals surface area contributed by atoms with Gasteiger partial charge in [-0.3, -0.25) is 14.4 Å². The lowest BCUT2D eigenvalue weighted by atomic mass is 9.93. The summed E-state index contributed by atoms with van der Waals surface area (Å²) in [6.07, 6.45) is 5.38. The lowest BCUT2D eigenvalue weighted by molar-refractivity contribution is -0.150. The Kier molecular flexibility index (Phi) is 25.2. The molecule has 0 bridgehead atoms. The Hall–Kier alpha value is -4.20. The Balaban J connectivity index is 0.00000109. The van der Waals surface area contributed by atoms with Gasteiger partial charge in [0.1, 0.15) is 18.1 Å². The predicted molar refractivity (Wildman–Crippen MR) is 208 cm³/mol. The van der Waals surface area contributed by atoms with Gasteiger partial charge in [0, 0.05) is 25.5 Å². The maximum Gasteiger partial charge on any atom is 0.332 e. The molecule has 292 valence electrons. The number of hydrogen-bond donors (Lipinski definition) is 4. The van der Waals surface area contributed by atoms with Crippen molar-refractivity contribution < 1.29 is 43.3 Å². The van der Waals surface area contributed by atoms with E-state index in [1.807, 2.05) is 76.2 Å². The summed E-state index contributed by atoms with van der Waals surface area (Å²) in [4.78, 5) is 56.8. The van der Waals surface area contributed by atoms with E-state index in [1.54, 1.807) is 27.0 Å². The first-order valence-corrected chi connectivity index (χ1v) is 17.8. The van der Waals surface area contributed by atoms with Crippen LogP contribution in [-0.2, 0) is 39.9 Å². The molecule has 2 amide bonds. The molecule has 2 aromatic rings. The second-order valence-electron chi connectivity index (χ2n) is 13.5. The lowest BCUT2D eigenvalue weighted by Gasteiger charge is -2.24. The molecule has 2 rings (SSSR count). The minimum absolute atomic E-state index is 0.0478. The maximum absolute atomic E-state index is 11.9. The van der Waals surface area contributed by atoms with Gasteiger partial charge < -0.3 is 40.0 Å². The van der Waals surface area contributed by atoms with E-state index in [0.29, 0.717) is 36.6 Å². The van der Waals surface area contributed by atoms with Crippen LogP contribution in [0.3, 0.4) is 0 Å². The van der Waals surface area contributed by atoms with Gasteiger partial charge in [-0.2, -0.15) is 0 Å². The number of amides is 2. The number of nitrogens with one attached hydrogen (secondary N) is 3. The summed E-state index contributed by atoms with van der Waals surface area (Å²) in [7, 11) is 8.23. The fourth-order valence-electron chi connectivity index (χ4n) is 4.39. The third kappa shape index (κ3) is 23.9. The number of methoxy groups -OCH3 is 2. The molecule has 0 heterocycles. The van der Waals surface area contributed by atoms with Gasteiger partial charge in [0.2, 0.25) is 11.8 Å². The van der Waals surface area contributed by atoms with Crippen LogP contribution in [0.2, 0.25) is 5.02 Å². The molecule has 12 nitrogen and oxygen atoms in total. The van der Waals surface area contributed by atoms with Crippen molar-refractivity contribution in [3.63, 3.8) is 0 Å². The van der Waals surface area contributed by atoms with Crippen molar-refractivity contribution in [2.75, 3.05) is 33.9 Å². The number of carboxylic acid groups (broad SMARTS) is 1. The normalized spacial score (nSPS) is 12.6. The summed E-state index contributed by atoms with van der Waals surface area (Å²) in [5.74, 6) is -0.905. The number of carboxylic acids is 1. The summed E-state index contributed by atoms with van der Waals surface area (Å²) >= 11 is 5.80. The highest BCUT2D eigenvalue weighted by atomic mass is 35.5. The Morgan fingerprint density at radius 3 is 2.17 bits per heavy atom. The number of hydrogen-bond acceptors (Lipinski definition) is 9. The van der Waals surface area contributed by atoms with Crippen LogP contribution in [0.15, 0.2) is 60.7 Å². The third-order valence-electron chi connectivity index (χ3n) is 7.54. The Labute approximate surface area is 321 Å². The molecule has 3 atom stereocenters.